The van der Waals surface area contributed by atoms with E-state index < -0.39 is 11.7 Å². The minimum atomic E-state index is -0.595. The Hall–Kier alpha value is -3.03. The number of benzene rings is 2. The molecule has 3 aromatic rings. The number of hydrogen-bond donors (Lipinski definition) is 0. The lowest BCUT2D eigenvalue weighted by atomic mass is 10.1. The number of aryl methyl sites for hydroxylation is 1. The molecule has 2 aromatic carbocycles. The fourth-order valence-corrected chi connectivity index (χ4v) is 4.42. The third kappa shape index (κ3) is 6.97. The maximum atomic E-state index is 14.3. The summed E-state index contributed by atoms with van der Waals surface area (Å²) in [5, 5.41) is 2.01. The zero-order valence-electron chi connectivity index (χ0n) is 19.0. The van der Waals surface area contributed by atoms with Crippen molar-refractivity contribution in [3.63, 3.8) is 0 Å². The number of carbonyl (C=O) groups excluding carboxylic acids is 2. The zero-order valence-corrected chi connectivity index (χ0v) is 19.8. The summed E-state index contributed by atoms with van der Waals surface area (Å²) >= 11 is 1.61. The van der Waals surface area contributed by atoms with E-state index in [9.17, 15) is 14.0 Å². The van der Waals surface area contributed by atoms with Gasteiger partial charge in [-0.2, -0.15) is 0 Å². The molecule has 0 bridgehead atoms. The van der Waals surface area contributed by atoms with Crippen molar-refractivity contribution >= 4 is 23.2 Å². The molecule has 0 aliphatic heterocycles. The number of halogens is 1. The van der Waals surface area contributed by atoms with Gasteiger partial charge < -0.3 is 14.5 Å². The Balaban J connectivity index is 1.82. The van der Waals surface area contributed by atoms with Crippen LogP contribution in [0.4, 0.5) is 4.39 Å². The quantitative estimate of drug-likeness (QED) is 0.376. The van der Waals surface area contributed by atoms with E-state index in [4.69, 9.17) is 4.74 Å². The number of carbonyl (C=O) groups is 2. The summed E-state index contributed by atoms with van der Waals surface area (Å²) in [6.07, 6.45) is 0.548. The Morgan fingerprint density at radius 1 is 0.970 bits per heavy atom. The van der Waals surface area contributed by atoms with Crippen molar-refractivity contribution in [1.82, 2.24) is 9.80 Å². The SMILES string of the molecule is COCCCN(CC(=O)N(Cc1ccccc1)Cc1sccc1C)C(=O)c1ccccc1F. The minimum absolute atomic E-state index is 0.0357. The van der Waals surface area contributed by atoms with Crippen LogP contribution in [0.1, 0.15) is 32.8 Å². The van der Waals surface area contributed by atoms with Gasteiger partial charge in [-0.3, -0.25) is 9.59 Å². The molecule has 174 valence electrons. The molecule has 1 heterocycles. The van der Waals surface area contributed by atoms with Crippen LogP contribution in [0.3, 0.4) is 0 Å². The van der Waals surface area contributed by atoms with Crippen LogP contribution in [-0.2, 0) is 22.6 Å². The number of nitrogens with zero attached hydrogens (tertiary/aromatic N) is 2. The van der Waals surface area contributed by atoms with Gasteiger partial charge in [0.15, 0.2) is 0 Å². The summed E-state index contributed by atoms with van der Waals surface area (Å²) < 4.78 is 19.4. The van der Waals surface area contributed by atoms with Gasteiger partial charge in [-0.1, -0.05) is 42.5 Å². The number of thiophene rings is 1. The van der Waals surface area contributed by atoms with Crippen LogP contribution in [0.2, 0.25) is 0 Å². The summed E-state index contributed by atoms with van der Waals surface area (Å²) in [6, 6.07) is 17.6. The van der Waals surface area contributed by atoms with Crippen LogP contribution in [0.5, 0.6) is 0 Å². The topological polar surface area (TPSA) is 49.9 Å². The van der Waals surface area contributed by atoms with E-state index in [1.165, 1.54) is 23.1 Å². The van der Waals surface area contributed by atoms with Crippen LogP contribution >= 0.6 is 11.3 Å². The molecule has 0 N–H and O–H groups in total. The van der Waals surface area contributed by atoms with Crippen molar-refractivity contribution in [2.75, 3.05) is 26.8 Å². The van der Waals surface area contributed by atoms with Crippen LogP contribution in [-0.4, -0.2) is 48.4 Å². The van der Waals surface area contributed by atoms with E-state index in [-0.39, 0.29) is 18.0 Å². The van der Waals surface area contributed by atoms with Gasteiger partial charge in [0, 0.05) is 31.7 Å². The van der Waals surface area contributed by atoms with Crippen molar-refractivity contribution in [1.29, 1.82) is 0 Å². The van der Waals surface area contributed by atoms with Gasteiger partial charge in [0.1, 0.15) is 12.4 Å². The standard InChI is InChI=1S/C26H29FN2O3S/c1-20-13-16-33-24(20)18-29(17-21-9-4-3-5-10-21)25(30)19-28(14-8-15-32-2)26(31)22-11-6-7-12-23(22)27/h3-7,9-13,16H,8,14-15,17-19H2,1-2H3. The number of ether oxygens (including phenoxy) is 1. The lowest BCUT2D eigenvalue weighted by molar-refractivity contribution is -0.133. The Labute approximate surface area is 198 Å². The number of rotatable bonds is 11. The van der Waals surface area contributed by atoms with Gasteiger partial charge in [0.2, 0.25) is 5.91 Å². The molecule has 0 unspecified atom stereocenters. The second kappa shape index (κ2) is 12.3. The van der Waals surface area contributed by atoms with Gasteiger partial charge in [0.05, 0.1) is 12.1 Å². The predicted molar refractivity (Wildman–Crippen MR) is 129 cm³/mol. The van der Waals surface area contributed by atoms with Crippen LogP contribution < -0.4 is 0 Å². The van der Waals surface area contributed by atoms with E-state index in [0.717, 1.165) is 16.0 Å². The third-order valence-corrected chi connectivity index (χ3v) is 6.37. The van der Waals surface area contributed by atoms with Crippen LogP contribution in [0, 0.1) is 12.7 Å². The van der Waals surface area contributed by atoms with Gasteiger partial charge in [0.25, 0.3) is 5.91 Å². The van der Waals surface area contributed by atoms with Gasteiger partial charge >= 0.3 is 0 Å². The normalized spacial score (nSPS) is 10.8. The van der Waals surface area contributed by atoms with Crippen LogP contribution in [0.25, 0.3) is 0 Å². The highest BCUT2D eigenvalue weighted by molar-refractivity contribution is 7.10. The van der Waals surface area contributed by atoms with Gasteiger partial charge in [-0.05, 0) is 48.1 Å². The molecule has 0 saturated heterocycles. The highest BCUT2D eigenvalue weighted by Crippen LogP contribution is 2.20. The molecule has 0 spiro atoms. The molecule has 0 radical (unpaired) electrons. The van der Waals surface area contributed by atoms with E-state index in [1.54, 1.807) is 29.4 Å². The van der Waals surface area contributed by atoms with Crippen molar-refractivity contribution < 1.29 is 18.7 Å². The number of hydrogen-bond acceptors (Lipinski definition) is 4. The fraction of sp³-hybridized carbons (Fsp3) is 0.308. The molecule has 0 fully saturated rings. The summed E-state index contributed by atoms with van der Waals surface area (Å²) in [5.41, 5.74) is 2.10. The largest absolute Gasteiger partial charge is 0.385 e. The van der Waals surface area contributed by atoms with Gasteiger partial charge in [-0.15, -0.1) is 11.3 Å². The molecule has 3 rings (SSSR count). The Morgan fingerprint density at radius 2 is 1.70 bits per heavy atom. The molecule has 0 atom stereocenters. The number of amides is 2. The Bertz CT molecular complexity index is 1050. The van der Waals surface area contributed by atoms with E-state index >= 15 is 0 Å². The lowest BCUT2D eigenvalue weighted by Crippen LogP contribution is -2.43. The third-order valence-electron chi connectivity index (χ3n) is 5.37. The highest BCUT2D eigenvalue weighted by Gasteiger charge is 2.24. The molecule has 0 aliphatic carbocycles. The smallest absolute Gasteiger partial charge is 0.257 e. The van der Waals surface area contributed by atoms with Crippen LogP contribution in [0.15, 0.2) is 66.0 Å². The predicted octanol–water partition coefficient (Wildman–Crippen LogP) is 4.90. The summed E-state index contributed by atoms with van der Waals surface area (Å²) in [5.74, 6) is -1.28. The highest BCUT2D eigenvalue weighted by atomic mass is 32.1. The summed E-state index contributed by atoms with van der Waals surface area (Å²) in [7, 11) is 1.58. The molecule has 7 heteroatoms. The molecular formula is C26H29FN2O3S. The average Bonchev–Trinajstić information content (AvgIpc) is 3.23. The average molecular weight is 469 g/mol. The number of methoxy groups -OCH3 is 1. The molecule has 33 heavy (non-hydrogen) atoms. The first kappa shape index (κ1) is 24.6. The van der Waals surface area contributed by atoms with E-state index in [2.05, 4.69) is 0 Å². The first-order chi connectivity index (χ1) is 16.0. The maximum absolute atomic E-state index is 14.3. The lowest BCUT2D eigenvalue weighted by Gasteiger charge is -2.28. The summed E-state index contributed by atoms with van der Waals surface area (Å²) in [4.78, 5) is 30.9. The monoisotopic (exact) mass is 468 g/mol. The first-order valence-corrected chi connectivity index (χ1v) is 11.7. The van der Waals surface area contributed by atoms with Crippen molar-refractivity contribution in [2.45, 2.75) is 26.4 Å². The summed E-state index contributed by atoms with van der Waals surface area (Å²) in [6.45, 7) is 3.51. The molecule has 5 nitrogen and oxygen atoms in total. The van der Waals surface area contributed by atoms with E-state index in [0.29, 0.717) is 32.7 Å². The van der Waals surface area contributed by atoms with E-state index in [1.807, 2.05) is 48.7 Å². The Morgan fingerprint density at radius 3 is 2.36 bits per heavy atom. The van der Waals surface area contributed by atoms with Gasteiger partial charge in [-0.25, -0.2) is 4.39 Å². The molecule has 1 aromatic heterocycles. The van der Waals surface area contributed by atoms with Crippen molar-refractivity contribution in [3.8, 4) is 0 Å². The first-order valence-electron chi connectivity index (χ1n) is 10.9. The second-order valence-electron chi connectivity index (χ2n) is 7.82. The fourth-order valence-electron chi connectivity index (χ4n) is 3.50. The second-order valence-corrected chi connectivity index (χ2v) is 8.82. The molecule has 0 saturated carbocycles. The molecule has 2 amide bonds. The zero-order chi connectivity index (χ0) is 23.6. The molecule has 0 aliphatic rings. The van der Waals surface area contributed by atoms with Crippen molar-refractivity contribution in [3.05, 3.63) is 93.4 Å². The molecular weight excluding hydrogens is 439 g/mol. The minimum Gasteiger partial charge on any atom is -0.385 e. The van der Waals surface area contributed by atoms with Crippen molar-refractivity contribution in [2.24, 2.45) is 0 Å². The Kier molecular flexibility index (Phi) is 9.15. The maximum Gasteiger partial charge on any atom is 0.257 e.